The van der Waals surface area contributed by atoms with E-state index in [1.54, 1.807) is 11.3 Å². The molecule has 2 aromatic carbocycles. The van der Waals surface area contributed by atoms with Crippen LogP contribution in [-0.2, 0) is 7.05 Å². The van der Waals surface area contributed by atoms with Gasteiger partial charge in [-0.1, -0.05) is 35.6 Å². The molecular weight excluding hydrogens is 371 g/mol. The average Bonchev–Trinajstić information content (AvgIpc) is 2.97. The van der Waals surface area contributed by atoms with Crippen molar-refractivity contribution in [3.05, 3.63) is 59.1 Å². The minimum atomic E-state index is 0.598. The standard InChI is InChI=1S/C20H21Cl2N2S/c1-23-18-4-2-3-5-19(18)25-20(23)11-8-16-6-9-17(10-7-16)24(14-12-21)15-13-22/h2-11H,12-15H2,1H3/q+1. The predicted octanol–water partition coefficient (Wildman–Crippen LogP) is 5.18. The molecule has 0 amide bonds. The maximum absolute atomic E-state index is 5.88. The van der Waals surface area contributed by atoms with Gasteiger partial charge in [-0.15, -0.1) is 23.2 Å². The SMILES string of the molecule is C[n+]1c(C=Cc2ccc(N(CCCl)CCCl)cc2)sc2ccccc21. The van der Waals surface area contributed by atoms with Gasteiger partial charge in [0.05, 0.1) is 0 Å². The Kier molecular flexibility index (Phi) is 6.35. The molecule has 3 rings (SSSR count). The second-order valence-electron chi connectivity index (χ2n) is 5.76. The maximum Gasteiger partial charge on any atom is 0.262 e. The first-order chi connectivity index (χ1) is 12.2. The third-order valence-corrected chi connectivity index (χ3v) is 5.68. The molecular formula is C20H21Cl2N2S+. The zero-order valence-corrected chi connectivity index (χ0v) is 16.5. The van der Waals surface area contributed by atoms with Crippen molar-refractivity contribution in [2.75, 3.05) is 29.7 Å². The van der Waals surface area contributed by atoms with Gasteiger partial charge in [-0.05, 0) is 29.8 Å². The Morgan fingerprint density at radius 1 is 0.960 bits per heavy atom. The Hall–Kier alpha value is -1.55. The molecule has 0 spiro atoms. The van der Waals surface area contributed by atoms with E-state index in [9.17, 15) is 0 Å². The summed E-state index contributed by atoms with van der Waals surface area (Å²) in [4.78, 5) is 2.21. The second-order valence-corrected chi connectivity index (χ2v) is 7.58. The van der Waals surface area contributed by atoms with Crippen molar-refractivity contribution in [2.24, 2.45) is 7.05 Å². The van der Waals surface area contributed by atoms with Gasteiger partial charge in [0.15, 0.2) is 0 Å². The van der Waals surface area contributed by atoms with Crippen LogP contribution in [0.25, 0.3) is 22.4 Å². The van der Waals surface area contributed by atoms with Gasteiger partial charge < -0.3 is 4.90 Å². The highest BCUT2D eigenvalue weighted by molar-refractivity contribution is 7.18. The fourth-order valence-corrected chi connectivity index (χ4v) is 4.26. The molecule has 130 valence electrons. The van der Waals surface area contributed by atoms with Crippen molar-refractivity contribution in [2.45, 2.75) is 0 Å². The summed E-state index contributed by atoms with van der Waals surface area (Å²) in [6.45, 7) is 1.61. The lowest BCUT2D eigenvalue weighted by atomic mass is 10.2. The first-order valence-electron chi connectivity index (χ1n) is 8.25. The molecule has 0 fully saturated rings. The smallest absolute Gasteiger partial charge is 0.262 e. The minimum Gasteiger partial charge on any atom is -0.369 e. The van der Waals surface area contributed by atoms with E-state index in [2.05, 4.69) is 77.2 Å². The Morgan fingerprint density at radius 3 is 2.28 bits per heavy atom. The van der Waals surface area contributed by atoms with Gasteiger partial charge >= 0.3 is 0 Å². The molecule has 0 aliphatic heterocycles. The Balaban J connectivity index is 1.78. The molecule has 25 heavy (non-hydrogen) atoms. The fourth-order valence-electron chi connectivity index (χ4n) is 2.80. The lowest BCUT2D eigenvalue weighted by Crippen LogP contribution is -2.28. The van der Waals surface area contributed by atoms with E-state index < -0.39 is 0 Å². The number of hydrogen-bond acceptors (Lipinski definition) is 2. The molecule has 0 aliphatic carbocycles. The van der Waals surface area contributed by atoms with Crippen LogP contribution in [0.1, 0.15) is 10.6 Å². The number of benzene rings is 2. The van der Waals surface area contributed by atoms with Crippen LogP contribution in [0.15, 0.2) is 48.5 Å². The largest absolute Gasteiger partial charge is 0.369 e. The Morgan fingerprint density at radius 2 is 1.64 bits per heavy atom. The number of thiazole rings is 1. The molecule has 0 aliphatic rings. The van der Waals surface area contributed by atoms with E-state index >= 15 is 0 Å². The lowest BCUT2D eigenvalue weighted by molar-refractivity contribution is -0.642. The zero-order chi connectivity index (χ0) is 17.6. The van der Waals surface area contributed by atoms with Crippen LogP contribution in [-0.4, -0.2) is 24.8 Å². The molecule has 0 bridgehead atoms. The van der Waals surface area contributed by atoms with Gasteiger partial charge in [0.1, 0.15) is 11.7 Å². The number of alkyl halides is 2. The highest BCUT2D eigenvalue weighted by Gasteiger charge is 2.13. The summed E-state index contributed by atoms with van der Waals surface area (Å²) in [6, 6.07) is 17.0. The monoisotopic (exact) mass is 391 g/mol. The van der Waals surface area contributed by atoms with Crippen LogP contribution in [0.4, 0.5) is 5.69 Å². The molecule has 5 heteroatoms. The zero-order valence-electron chi connectivity index (χ0n) is 14.2. The molecule has 1 heterocycles. The number of aryl methyl sites for hydroxylation is 1. The van der Waals surface area contributed by atoms with Crippen LogP contribution in [0.5, 0.6) is 0 Å². The first-order valence-corrected chi connectivity index (χ1v) is 10.1. The van der Waals surface area contributed by atoms with Crippen LogP contribution < -0.4 is 9.47 Å². The normalized spacial score (nSPS) is 11.5. The van der Waals surface area contributed by atoms with E-state index in [1.165, 1.54) is 20.8 Å². The summed E-state index contributed by atoms with van der Waals surface area (Å²) in [5.41, 5.74) is 3.60. The molecule has 0 radical (unpaired) electrons. The minimum absolute atomic E-state index is 0.598. The van der Waals surface area contributed by atoms with Crippen molar-refractivity contribution in [3.63, 3.8) is 0 Å². The molecule has 0 atom stereocenters. The van der Waals surface area contributed by atoms with Crippen LogP contribution in [0.2, 0.25) is 0 Å². The van der Waals surface area contributed by atoms with Crippen molar-refractivity contribution >= 4 is 62.6 Å². The number of hydrogen-bond donors (Lipinski definition) is 0. The third kappa shape index (κ3) is 4.35. The number of fused-ring (bicyclic) bond motifs is 1. The van der Waals surface area contributed by atoms with Gasteiger partial charge in [0.2, 0.25) is 5.52 Å². The highest BCUT2D eigenvalue weighted by atomic mass is 35.5. The molecule has 1 aromatic heterocycles. The predicted molar refractivity (Wildman–Crippen MR) is 112 cm³/mol. The molecule has 3 aromatic rings. The molecule has 0 unspecified atom stereocenters. The number of aromatic nitrogens is 1. The summed E-state index contributed by atoms with van der Waals surface area (Å²) >= 11 is 13.6. The number of rotatable bonds is 7. The lowest BCUT2D eigenvalue weighted by Gasteiger charge is -2.22. The topological polar surface area (TPSA) is 7.12 Å². The Bertz CT molecular complexity index is 850. The quantitative estimate of drug-likeness (QED) is 0.397. The summed E-state index contributed by atoms with van der Waals surface area (Å²) in [7, 11) is 2.11. The van der Waals surface area contributed by atoms with Gasteiger partial charge in [0.25, 0.3) is 5.01 Å². The van der Waals surface area contributed by atoms with E-state index in [1.807, 2.05) is 0 Å². The molecule has 0 saturated carbocycles. The van der Waals surface area contributed by atoms with Crippen molar-refractivity contribution < 1.29 is 4.57 Å². The van der Waals surface area contributed by atoms with Crippen molar-refractivity contribution in [1.29, 1.82) is 0 Å². The molecule has 0 N–H and O–H groups in total. The van der Waals surface area contributed by atoms with Crippen molar-refractivity contribution in [1.82, 2.24) is 0 Å². The van der Waals surface area contributed by atoms with Gasteiger partial charge in [-0.25, -0.2) is 0 Å². The highest BCUT2D eigenvalue weighted by Crippen LogP contribution is 2.22. The first kappa shape index (κ1) is 18.2. The van der Waals surface area contributed by atoms with Crippen LogP contribution in [0.3, 0.4) is 0 Å². The number of nitrogens with zero attached hydrogens (tertiary/aromatic N) is 2. The van der Waals surface area contributed by atoms with Crippen LogP contribution in [0, 0.1) is 0 Å². The van der Waals surface area contributed by atoms with Gasteiger partial charge in [-0.2, -0.15) is 4.57 Å². The summed E-state index contributed by atoms with van der Waals surface area (Å²) < 4.78 is 3.53. The fraction of sp³-hybridized carbons (Fsp3) is 0.250. The van der Waals surface area contributed by atoms with Crippen molar-refractivity contribution in [3.8, 4) is 0 Å². The number of para-hydroxylation sites is 1. The molecule has 0 saturated heterocycles. The van der Waals surface area contributed by atoms with E-state index in [0.29, 0.717) is 11.8 Å². The second kappa shape index (κ2) is 8.70. The van der Waals surface area contributed by atoms with E-state index in [-0.39, 0.29) is 0 Å². The molecule has 2 nitrogen and oxygen atoms in total. The average molecular weight is 392 g/mol. The number of halogens is 2. The van der Waals surface area contributed by atoms with Gasteiger partial charge in [0, 0.05) is 42.7 Å². The third-order valence-electron chi connectivity index (χ3n) is 4.16. The van der Waals surface area contributed by atoms with E-state index in [0.717, 1.165) is 18.8 Å². The Labute approximate surface area is 162 Å². The summed E-state index contributed by atoms with van der Waals surface area (Å²) in [6.07, 6.45) is 4.33. The van der Waals surface area contributed by atoms with Gasteiger partial charge in [-0.3, -0.25) is 0 Å². The van der Waals surface area contributed by atoms with E-state index in [4.69, 9.17) is 23.2 Å². The summed E-state index contributed by atoms with van der Waals surface area (Å²) in [5.74, 6) is 1.20. The number of anilines is 1. The maximum atomic E-state index is 5.88. The summed E-state index contributed by atoms with van der Waals surface area (Å²) in [5, 5.41) is 1.23. The van der Waals surface area contributed by atoms with Crippen LogP contribution >= 0.6 is 34.5 Å².